The Labute approximate surface area is 167 Å². The lowest BCUT2D eigenvalue weighted by molar-refractivity contribution is 0.0998. The first-order valence-corrected chi connectivity index (χ1v) is 8.93. The minimum Gasteiger partial charge on any atom is -0.455 e. The van der Waals surface area contributed by atoms with Crippen LogP contribution >= 0.6 is 0 Å². The summed E-state index contributed by atoms with van der Waals surface area (Å²) in [4.78, 5) is 38.9. The van der Waals surface area contributed by atoms with Crippen molar-refractivity contribution in [2.24, 2.45) is 14.1 Å². The van der Waals surface area contributed by atoms with Gasteiger partial charge in [0, 0.05) is 21.1 Å². The van der Waals surface area contributed by atoms with Crippen LogP contribution in [0.25, 0.3) is 0 Å². The number of benzene rings is 2. The van der Waals surface area contributed by atoms with Gasteiger partial charge < -0.3 is 15.4 Å². The maximum absolute atomic E-state index is 12.9. The molecule has 0 amide bonds. The Morgan fingerprint density at radius 2 is 1.62 bits per heavy atom. The molecule has 0 bridgehead atoms. The molecule has 0 saturated heterocycles. The van der Waals surface area contributed by atoms with E-state index in [0.717, 1.165) is 9.13 Å². The van der Waals surface area contributed by atoms with Crippen LogP contribution in [0.5, 0.6) is 11.5 Å². The second-order valence-electron chi connectivity index (χ2n) is 6.63. The van der Waals surface area contributed by atoms with E-state index in [1.165, 1.54) is 14.1 Å². The molecule has 0 atom stereocenters. The fraction of sp³-hybridized carbons (Fsp3) is 0.190. The van der Waals surface area contributed by atoms with Crippen molar-refractivity contribution in [2.45, 2.75) is 0 Å². The Morgan fingerprint density at radius 1 is 1.00 bits per heavy atom. The van der Waals surface area contributed by atoms with Gasteiger partial charge in [-0.1, -0.05) is 30.3 Å². The molecule has 0 aliphatic heterocycles. The summed E-state index contributed by atoms with van der Waals surface area (Å²) < 4.78 is 7.89. The zero-order valence-electron chi connectivity index (χ0n) is 16.5. The van der Waals surface area contributed by atoms with Crippen LogP contribution in [0.3, 0.4) is 0 Å². The lowest BCUT2D eigenvalue weighted by Gasteiger charge is -2.22. The van der Waals surface area contributed by atoms with E-state index in [1.54, 1.807) is 18.0 Å². The minimum atomic E-state index is -0.710. The van der Waals surface area contributed by atoms with Gasteiger partial charge in [-0.25, -0.2) is 4.79 Å². The molecule has 3 rings (SSSR count). The summed E-state index contributed by atoms with van der Waals surface area (Å²) in [5.41, 5.74) is 5.06. The normalized spacial score (nSPS) is 10.6. The van der Waals surface area contributed by atoms with Gasteiger partial charge in [-0.05, 0) is 24.3 Å². The van der Waals surface area contributed by atoms with E-state index in [9.17, 15) is 14.4 Å². The number of hydrogen-bond donors (Lipinski definition) is 1. The molecule has 2 N–H and O–H groups in total. The number of rotatable bonds is 6. The lowest BCUT2D eigenvalue weighted by Crippen LogP contribution is -2.43. The van der Waals surface area contributed by atoms with Gasteiger partial charge in [0.2, 0.25) is 0 Å². The summed E-state index contributed by atoms with van der Waals surface area (Å²) in [6.45, 7) is -0.118. The highest BCUT2D eigenvalue weighted by molar-refractivity contribution is 6.02. The molecule has 29 heavy (non-hydrogen) atoms. The molecule has 0 unspecified atom stereocenters. The van der Waals surface area contributed by atoms with Gasteiger partial charge in [0.05, 0.1) is 12.2 Å². The molecule has 2 aromatic carbocycles. The third-order valence-electron chi connectivity index (χ3n) is 4.62. The summed E-state index contributed by atoms with van der Waals surface area (Å²) >= 11 is 0. The maximum Gasteiger partial charge on any atom is 0.332 e. The van der Waals surface area contributed by atoms with Crippen molar-refractivity contribution >= 4 is 17.3 Å². The number of nitrogens with two attached hydrogens (primary N) is 1. The van der Waals surface area contributed by atoms with Crippen LogP contribution in [0, 0.1) is 0 Å². The van der Waals surface area contributed by atoms with Crippen molar-refractivity contribution in [1.82, 2.24) is 9.13 Å². The van der Waals surface area contributed by atoms with Crippen molar-refractivity contribution in [3.8, 4) is 11.5 Å². The molecule has 0 fully saturated rings. The van der Waals surface area contributed by atoms with Crippen LogP contribution in [-0.4, -0.2) is 28.5 Å². The number of likely N-dealkylation sites (N-methyl/N-ethyl adjacent to an activating group) is 1. The molecule has 1 aromatic heterocycles. The highest BCUT2D eigenvalue weighted by Gasteiger charge is 2.22. The number of carbonyl (C=O) groups is 1. The van der Waals surface area contributed by atoms with Gasteiger partial charge >= 0.3 is 5.69 Å². The second kappa shape index (κ2) is 8.05. The van der Waals surface area contributed by atoms with Gasteiger partial charge in [0.25, 0.3) is 5.56 Å². The fourth-order valence-corrected chi connectivity index (χ4v) is 2.98. The van der Waals surface area contributed by atoms with Crippen LogP contribution in [0.4, 0.5) is 11.5 Å². The van der Waals surface area contributed by atoms with E-state index < -0.39 is 17.0 Å². The van der Waals surface area contributed by atoms with E-state index in [2.05, 4.69) is 0 Å². The number of nitrogens with zero attached hydrogens (tertiary/aromatic N) is 3. The molecule has 0 aliphatic carbocycles. The van der Waals surface area contributed by atoms with E-state index in [1.807, 2.05) is 48.5 Å². The first-order valence-electron chi connectivity index (χ1n) is 8.93. The van der Waals surface area contributed by atoms with E-state index in [0.29, 0.717) is 17.2 Å². The molecule has 0 aliphatic rings. The van der Waals surface area contributed by atoms with Gasteiger partial charge in [-0.3, -0.25) is 18.7 Å². The van der Waals surface area contributed by atoms with Crippen molar-refractivity contribution in [3.05, 3.63) is 81.0 Å². The third kappa shape index (κ3) is 3.91. The smallest absolute Gasteiger partial charge is 0.332 e. The Morgan fingerprint density at radius 3 is 2.31 bits per heavy atom. The molecule has 1 heterocycles. The third-order valence-corrected chi connectivity index (χ3v) is 4.62. The van der Waals surface area contributed by atoms with E-state index in [4.69, 9.17) is 10.5 Å². The number of ether oxygens (including phenoxy) is 1. The zero-order chi connectivity index (χ0) is 21.1. The van der Waals surface area contributed by atoms with Crippen LogP contribution in [0.15, 0.2) is 64.2 Å². The number of nitrogen functional groups attached to an aromatic ring is 1. The monoisotopic (exact) mass is 394 g/mol. The molecular formula is C21H22N4O4. The van der Waals surface area contributed by atoms with Gasteiger partial charge in [0.15, 0.2) is 11.5 Å². The predicted molar refractivity (Wildman–Crippen MR) is 112 cm³/mol. The average Bonchev–Trinajstić information content (AvgIpc) is 2.72. The topological polar surface area (TPSA) is 99.6 Å². The highest BCUT2D eigenvalue weighted by Crippen LogP contribution is 2.31. The van der Waals surface area contributed by atoms with Gasteiger partial charge in [-0.2, -0.15) is 0 Å². The summed E-state index contributed by atoms with van der Waals surface area (Å²) in [6.07, 6.45) is 0. The SMILES string of the molecule is CN(CC(=O)c1c(N)n(C)c(=O)n(C)c1=O)c1ccccc1Oc1ccccc1. The van der Waals surface area contributed by atoms with E-state index in [-0.39, 0.29) is 17.9 Å². The van der Waals surface area contributed by atoms with Gasteiger partial charge in [0.1, 0.15) is 17.1 Å². The predicted octanol–water partition coefficient (Wildman–Crippen LogP) is 1.78. The zero-order valence-corrected chi connectivity index (χ0v) is 16.5. The molecule has 0 saturated carbocycles. The number of aromatic nitrogens is 2. The molecule has 3 aromatic rings. The van der Waals surface area contributed by atoms with Gasteiger partial charge in [-0.15, -0.1) is 0 Å². The molecule has 8 nitrogen and oxygen atoms in total. The second-order valence-corrected chi connectivity index (χ2v) is 6.63. The Balaban J connectivity index is 1.91. The Hall–Kier alpha value is -3.81. The van der Waals surface area contributed by atoms with Crippen molar-refractivity contribution in [2.75, 3.05) is 24.2 Å². The summed E-state index contributed by atoms with van der Waals surface area (Å²) in [6, 6.07) is 16.5. The minimum absolute atomic E-state index is 0.118. The Kier molecular flexibility index (Phi) is 5.54. The molecule has 8 heteroatoms. The number of ketones is 1. The average molecular weight is 394 g/mol. The molecule has 150 valence electrons. The number of para-hydroxylation sites is 3. The number of anilines is 2. The number of carbonyl (C=O) groups excluding carboxylic acids is 1. The van der Waals surface area contributed by atoms with Crippen molar-refractivity contribution in [3.63, 3.8) is 0 Å². The Bertz CT molecular complexity index is 1170. The van der Waals surface area contributed by atoms with E-state index >= 15 is 0 Å². The first-order chi connectivity index (χ1) is 13.8. The summed E-state index contributed by atoms with van der Waals surface area (Å²) in [7, 11) is 4.45. The van der Waals surface area contributed by atoms with Crippen molar-refractivity contribution < 1.29 is 9.53 Å². The quantitative estimate of drug-likeness (QED) is 0.640. The van der Waals surface area contributed by atoms with Crippen LogP contribution in [-0.2, 0) is 14.1 Å². The van der Waals surface area contributed by atoms with Crippen LogP contribution in [0.2, 0.25) is 0 Å². The largest absolute Gasteiger partial charge is 0.455 e. The first kappa shape index (κ1) is 19.9. The standard InChI is InChI=1S/C21H22N4O4/c1-23(13-16(26)18-19(22)24(2)21(28)25(3)20(18)27)15-11-7-8-12-17(15)29-14-9-5-4-6-10-14/h4-12H,13,22H2,1-3H3. The molecular weight excluding hydrogens is 372 g/mol. The summed E-state index contributed by atoms with van der Waals surface area (Å²) in [5, 5.41) is 0. The van der Waals surface area contributed by atoms with Crippen LogP contribution in [0.1, 0.15) is 10.4 Å². The number of hydrogen-bond acceptors (Lipinski definition) is 6. The fourth-order valence-electron chi connectivity index (χ4n) is 2.98. The molecule has 0 spiro atoms. The number of Topliss-reactive ketones (excluding diaryl/α,β-unsaturated/α-hetero) is 1. The summed E-state index contributed by atoms with van der Waals surface area (Å²) in [5.74, 6) is 0.590. The maximum atomic E-state index is 12.9. The lowest BCUT2D eigenvalue weighted by atomic mass is 10.1. The molecule has 0 radical (unpaired) electrons. The van der Waals surface area contributed by atoms with Crippen molar-refractivity contribution in [1.29, 1.82) is 0 Å². The highest BCUT2D eigenvalue weighted by atomic mass is 16.5. The van der Waals surface area contributed by atoms with Crippen LogP contribution < -0.4 is 26.6 Å².